The van der Waals surface area contributed by atoms with Gasteiger partial charge < -0.3 is 5.32 Å². The first-order valence-corrected chi connectivity index (χ1v) is 11.7. The molecule has 2 atom stereocenters. The molecule has 2 aromatic carbocycles. The number of carbonyl (C=O) groups excluding carboxylic acids is 1. The Hall–Kier alpha value is -2.34. The summed E-state index contributed by atoms with van der Waals surface area (Å²) in [5.41, 5.74) is 5.65. The summed E-state index contributed by atoms with van der Waals surface area (Å²) in [6, 6.07) is 10.7. The second-order valence-corrected chi connectivity index (χ2v) is 9.71. The van der Waals surface area contributed by atoms with Crippen molar-refractivity contribution in [3.05, 3.63) is 64.2 Å². The molecule has 29 heavy (non-hydrogen) atoms. The lowest BCUT2D eigenvalue weighted by Crippen LogP contribution is -2.50. The second kappa shape index (κ2) is 8.99. The van der Waals surface area contributed by atoms with Gasteiger partial charge in [0.1, 0.15) is 6.04 Å². The number of rotatable bonds is 7. The van der Waals surface area contributed by atoms with Crippen molar-refractivity contribution < 1.29 is 13.2 Å². The van der Waals surface area contributed by atoms with Crippen LogP contribution in [0.5, 0.6) is 0 Å². The lowest BCUT2D eigenvalue weighted by molar-refractivity contribution is -0.122. The molecule has 2 rings (SSSR count). The van der Waals surface area contributed by atoms with Gasteiger partial charge in [-0.05, 0) is 74.9 Å². The molecule has 0 aliphatic heterocycles. The van der Waals surface area contributed by atoms with Gasteiger partial charge in [0.15, 0.2) is 0 Å². The summed E-state index contributed by atoms with van der Waals surface area (Å²) in [5, 5.41) is 3.01. The number of benzene rings is 2. The summed E-state index contributed by atoms with van der Waals surface area (Å²) in [7, 11) is -3.65. The van der Waals surface area contributed by atoms with E-state index in [0.29, 0.717) is 12.1 Å². The fourth-order valence-electron chi connectivity index (χ4n) is 3.42. The van der Waals surface area contributed by atoms with Crippen LogP contribution in [0.25, 0.3) is 0 Å². The standard InChI is InChI=1S/C23H32N2O3S/c1-8-21(23(26)24-19(6)20-12-11-16(3)18(5)14-20)25(29(7,27)28)22-13-15(2)9-10-17(22)4/h9-14,19,21H,8H2,1-7H3,(H,24,26). The quantitative estimate of drug-likeness (QED) is 0.730. The van der Waals surface area contributed by atoms with Crippen molar-refractivity contribution in [1.82, 2.24) is 5.32 Å². The third kappa shape index (κ3) is 5.38. The molecule has 0 radical (unpaired) electrons. The molecule has 1 amide bonds. The van der Waals surface area contributed by atoms with Crippen LogP contribution in [0.1, 0.15) is 54.1 Å². The number of hydrogen-bond donors (Lipinski definition) is 1. The Morgan fingerprint density at radius 1 is 1.00 bits per heavy atom. The van der Waals surface area contributed by atoms with E-state index >= 15 is 0 Å². The van der Waals surface area contributed by atoms with Gasteiger partial charge >= 0.3 is 0 Å². The highest BCUT2D eigenvalue weighted by Gasteiger charge is 2.33. The van der Waals surface area contributed by atoms with Crippen molar-refractivity contribution in [3.8, 4) is 0 Å². The van der Waals surface area contributed by atoms with Crippen LogP contribution in [-0.4, -0.2) is 26.6 Å². The molecule has 2 aromatic rings. The molecule has 2 unspecified atom stereocenters. The van der Waals surface area contributed by atoms with Crippen molar-refractivity contribution in [2.45, 2.75) is 60.0 Å². The number of nitrogens with zero attached hydrogens (tertiary/aromatic N) is 1. The summed E-state index contributed by atoms with van der Waals surface area (Å²) in [5.74, 6) is -0.301. The van der Waals surface area contributed by atoms with E-state index < -0.39 is 16.1 Å². The first-order chi connectivity index (χ1) is 13.5. The van der Waals surface area contributed by atoms with E-state index in [4.69, 9.17) is 0 Å². The van der Waals surface area contributed by atoms with Crippen LogP contribution in [-0.2, 0) is 14.8 Å². The van der Waals surface area contributed by atoms with Crippen molar-refractivity contribution >= 4 is 21.6 Å². The molecule has 0 heterocycles. The van der Waals surface area contributed by atoms with Crippen molar-refractivity contribution in [2.24, 2.45) is 0 Å². The van der Waals surface area contributed by atoms with Gasteiger partial charge in [-0.3, -0.25) is 9.10 Å². The van der Waals surface area contributed by atoms with Crippen LogP contribution in [0.3, 0.4) is 0 Å². The Labute approximate surface area is 175 Å². The van der Waals surface area contributed by atoms with Crippen LogP contribution in [0.2, 0.25) is 0 Å². The van der Waals surface area contributed by atoms with E-state index in [9.17, 15) is 13.2 Å². The van der Waals surface area contributed by atoms with Crippen LogP contribution >= 0.6 is 0 Å². The van der Waals surface area contributed by atoms with E-state index in [1.54, 1.807) is 0 Å². The summed E-state index contributed by atoms with van der Waals surface area (Å²) >= 11 is 0. The highest BCUT2D eigenvalue weighted by molar-refractivity contribution is 7.92. The molecule has 6 heteroatoms. The fourth-order valence-corrected chi connectivity index (χ4v) is 4.68. The Morgan fingerprint density at radius 2 is 1.62 bits per heavy atom. The van der Waals surface area contributed by atoms with Crippen LogP contribution in [0, 0.1) is 27.7 Å². The van der Waals surface area contributed by atoms with Gasteiger partial charge in [0.25, 0.3) is 0 Å². The largest absolute Gasteiger partial charge is 0.348 e. The number of anilines is 1. The van der Waals surface area contributed by atoms with E-state index in [1.165, 1.54) is 9.87 Å². The highest BCUT2D eigenvalue weighted by atomic mass is 32.2. The van der Waals surface area contributed by atoms with Gasteiger partial charge in [-0.2, -0.15) is 0 Å². The van der Waals surface area contributed by atoms with Crippen LogP contribution < -0.4 is 9.62 Å². The molecule has 0 spiro atoms. The van der Waals surface area contributed by atoms with E-state index in [2.05, 4.69) is 11.4 Å². The zero-order valence-electron chi connectivity index (χ0n) is 18.4. The molecule has 0 saturated carbocycles. The van der Waals surface area contributed by atoms with Crippen LogP contribution in [0.15, 0.2) is 36.4 Å². The topological polar surface area (TPSA) is 66.5 Å². The summed E-state index contributed by atoms with van der Waals surface area (Å²) in [6.45, 7) is 11.6. The van der Waals surface area contributed by atoms with E-state index in [1.807, 2.05) is 71.9 Å². The summed E-state index contributed by atoms with van der Waals surface area (Å²) in [4.78, 5) is 13.2. The van der Waals surface area contributed by atoms with Gasteiger partial charge in [0, 0.05) is 0 Å². The number of hydrogen-bond acceptors (Lipinski definition) is 3. The highest BCUT2D eigenvalue weighted by Crippen LogP contribution is 2.28. The average molecular weight is 417 g/mol. The number of nitrogens with one attached hydrogen (secondary N) is 1. The van der Waals surface area contributed by atoms with Gasteiger partial charge in [-0.25, -0.2) is 8.42 Å². The second-order valence-electron chi connectivity index (χ2n) is 7.85. The number of sulfonamides is 1. The smallest absolute Gasteiger partial charge is 0.244 e. The molecule has 158 valence electrons. The Morgan fingerprint density at radius 3 is 2.17 bits per heavy atom. The Balaban J connectivity index is 2.38. The normalized spacial score (nSPS) is 13.6. The van der Waals surface area contributed by atoms with Gasteiger partial charge in [-0.15, -0.1) is 0 Å². The Kier molecular flexibility index (Phi) is 7.11. The third-order valence-corrected chi connectivity index (χ3v) is 6.49. The maximum Gasteiger partial charge on any atom is 0.244 e. The molecule has 5 nitrogen and oxygen atoms in total. The minimum atomic E-state index is -3.65. The molecule has 0 bridgehead atoms. The lowest BCUT2D eigenvalue weighted by Gasteiger charge is -2.32. The molecule has 1 N–H and O–H groups in total. The molecule has 0 aliphatic carbocycles. The molecular formula is C23H32N2O3S. The summed E-state index contributed by atoms with van der Waals surface area (Å²) < 4.78 is 26.6. The molecule has 0 fully saturated rings. The first kappa shape index (κ1) is 22.9. The van der Waals surface area contributed by atoms with Gasteiger partial charge in [0.05, 0.1) is 18.0 Å². The minimum absolute atomic E-state index is 0.226. The number of aryl methyl sites for hydroxylation is 4. The monoisotopic (exact) mass is 416 g/mol. The zero-order chi connectivity index (χ0) is 21.9. The SMILES string of the molecule is CCC(C(=O)NC(C)c1ccc(C)c(C)c1)N(c1cc(C)ccc1C)S(C)(=O)=O. The number of amides is 1. The minimum Gasteiger partial charge on any atom is -0.348 e. The third-order valence-electron chi connectivity index (χ3n) is 5.32. The predicted molar refractivity (Wildman–Crippen MR) is 120 cm³/mol. The zero-order valence-corrected chi connectivity index (χ0v) is 19.2. The summed E-state index contributed by atoms with van der Waals surface area (Å²) in [6.07, 6.45) is 1.52. The maximum atomic E-state index is 13.2. The maximum absolute atomic E-state index is 13.2. The first-order valence-electron chi connectivity index (χ1n) is 9.89. The molecule has 0 aromatic heterocycles. The van der Waals surface area contributed by atoms with Gasteiger partial charge in [0.2, 0.25) is 15.9 Å². The molecule has 0 aliphatic rings. The van der Waals surface area contributed by atoms with E-state index in [-0.39, 0.29) is 11.9 Å². The Bertz CT molecular complexity index is 999. The van der Waals surface area contributed by atoms with Crippen LogP contribution in [0.4, 0.5) is 5.69 Å². The van der Waals surface area contributed by atoms with Crippen molar-refractivity contribution in [1.29, 1.82) is 0 Å². The average Bonchev–Trinajstić information content (AvgIpc) is 2.62. The molecular weight excluding hydrogens is 384 g/mol. The van der Waals surface area contributed by atoms with Gasteiger partial charge in [-0.1, -0.05) is 37.3 Å². The van der Waals surface area contributed by atoms with Crippen molar-refractivity contribution in [2.75, 3.05) is 10.6 Å². The van der Waals surface area contributed by atoms with Crippen molar-refractivity contribution in [3.63, 3.8) is 0 Å². The molecule has 0 saturated heterocycles. The fraction of sp³-hybridized carbons (Fsp3) is 0.435. The number of carbonyl (C=O) groups is 1. The van der Waals surface area contributed by atoms with E-state index in [0.717, 1.165) is 28.5 Å². The lowest BCUT2D eigenvalue weighted by atomic mass is 10.0. The predicted octanol–water partition coefficient (Wildman–Crippen LogP) is 4.34.